The van der Waals surface area contributed by atoms with E-state index >= 15 is 0 Å². The second-order valence-corrected chi connectivity index (χ2v) is 5.85. The Morgan fingerprint density at radius 2 is 1.83 bits per heavy atom. The molecule has 3 nitrogen and oxygen atoms in total. The zero-order valence-electron chi connectivity index (χ0n) is 10.6. The maximum atomic E-state index is 9.96. The molecule has 1 atom stereocenters. The number of aliphatic hydroxyl groups excluding tert-OH is 1. The maximum Gasteiger partial charge on any atom is 0.137 e. The number of aliphatic hydroxyl groups is 1. The van der Waals surface area contributed by atoms with Crippen molar-refractivity contribution in [3.05, 3.63) is 28.7 Å². The molecule has 1 saturated heterocycles. The number of ether oxygens (including phenoxy) is 1. The quantitative estimate of drug-likeness (QED) is 0.858. The fourth-order valence-corrected chi connectivity index (χ4v) is 2.64. The van der Waals surface area contributed by atoms with Gasteiger partial charge in [-0.1, -0.05) is 15.9 Å². The van der Waals surface area contributed by atoms with Crippen LogP contribution >= 0.6 is 15.9 Å². The summed E-state index contributed by atoms with van der Waals surface area (Å²) >= 11 is 3.38. The first-order valence-electron chi connectivity index (χ1n) is 6.64. The molecule has 1 aliphatic rings. The van der Waals surface area contributed by atoms with E-state index in [2.05, 4.69) is 15.9 Å². The van der Waals surface area contributed by atoms with Gasteiger partial charge in [-0.25, -0.2) is 0 Å². The van der Waals surface area contributed by atoms with Crippen LogP contribution in [0.4, 0.5) is 0 Å². The topological polar surface area (TPSA) is 33.9 Å². The summed E-state index contributed by atoms with van der Waals surface area (Å²) in [5.41, 5.74) is 0. The summed E-state index contributed by atoms with van der Waals surface area (Å²) in [5, 5.41) is 9.96. The van der Waals surface area contributed by atoms with Crippen molar-refractivity contribution in [3.63, 3.8) is 0 Å². The Bertz CT molecular complexity index is 349. The Hall–Kier alpha value is -0.580. The molecule has 0 spiro atoms. The van der Waals surface area contributed by atoms with Gasteiger partial charge in [-0.3, -0.25) is 0 Å². The first-order valence-corrected chi connectivity index (χ1v) is 7.43. The minimum atomic E-state index is -0.373. The number of hydrogen-bond donors (Lipinski definition) is 2. The minimum Gasteiger partial charge on any atom is -0.491 e. The van der Waals surface area contributed by atoms with Crippen LogP contribution in [0.3, 0.4) is 0 Å². The largest absolute Gasteiger partial charge is 0.491 e. The van der Waals surface area contributed by atoms with E-state index < -0.39 is 0 Å². The minimum absolute atomic E-state index is 0.373. The monoisotopic (exact) mass is 314 g/mol. The van der Waals surface area contributed by atoms with Gasteiger partial charge in [0.25, 0.3) is 0 Å². The predicted molar refractivity (Wildman–Crippen MR) is 75.1 cm³/mol. The molecule has 2 N–H and O–H groups in total. The molecule has 1 aliphatic heterocycles. The van der Waals surface area contributed by atoms with Crippen molar-refractivity contribution in [2.75, 3.05) is 26.2 Å². The van der Waals surface area contributed by atoms with Gasteiger partial charge in [0.2, 0.25) is 0 Å². The van der Waals surface area contributed by atoms with Crippen LogP contribution in [0.2, 0.25) is 0 Å². The normalized spacial score (nSPS) is 18.6. The summed E-state index contributed by atoms with van der Waals surface area (Å²) in [5.74, 6) is 0.811. The smallest absolute Gasteiger partial charge is 0.137 e. The predicted octanol–water partition coefficient (Wildman–Crippen LogP) is 1.26. The first-order chi connectivity index (χ1) is 8.74. The van der Waals surface area contributed by atoms with E-state index in [1.54, 1.807) is 0 Å². The second-order valence-electron chi connectivity index (χ2n) is 4.93. The van der Waals surface area contributed by atoms with Crippen LogP contribution in [0.5, 0.6) is 5.75 Å². The molecule has 2 rings (SSSR count). The summed E-state index contributed by atoms with van der Waals surface area (Å²) in [6, 6.07) is 7.70. The molecule has 1 aromatic rings. The van der Waals surface area contributed by atoms with Gasteiger partial charge in [0.15, 0.2) is 0 Å². The molecular formula is C14H21BrNO2+. The zero-order chi connectivity index (χ0) is 12.8. The molecule has 0 saturated carbocycles. The molecule has 4 heteroatoms. The average molecular weight is 315 g/mol. The SMILES string of the molecule is O[C@@H](COc1ccc(Br)cc1)C[NH+]1CCCCC1. The molecule has 0 amide bonds. The van der Waals surface area contributed by atoms with Gasteiger partial charge < -0.3 is 14.7 Å². The third kappa shape index (κ3) is 4.59. The van der Waals surface area contributed by atoms with Crippen LogP contribution in [0.15, 0.2) is 28.7 Å². The third-order valence-electron chi connectivity index (χ3n) is 3.34. The van der Waals surface area contributed by atoms with Crippen molar-refractivity contribution in [3.8, 4) is 5.75 Å². The van der Waals surface area contributed by atoms with Crippen LogP contribution in [-0.4, -0.2) is 37.5 Å². The van der Waals surface area contributed by atoms with Crippen LogP contribution < -0.4 is 9.64 Å². The molecule has 18 heavy (non-hydrogen) atoms. The summed E-state index contributed by atoms with van der Waals surface area (Å²) in [4.78, 5) is 1.51. The van der Waals surface area contributed by atoms with Crippen LogP contribution in [0.25, 0.3) is 0 Å². The molecule has 0 bridgehead atoms. The molecule has 0 unspecified atom stereocenters. The molecular weight excluding hydrogens is 294 g/mol. The number of nitrogens with one attached hydrogen (secondary N) is 1. The molecule has 1 fully saturated rings. The number of quaternary nitrogens is 1. The fourth-order valence-electron chi connectivity index (χ4n) is 2.37. The number of benzene rings is 1. The van der Waals surface area contributed by atoms with Gasteiger partial charge in [0.05, 0.1) is 13.1 Å². The lowest BCUT2D eigenvalue weighted by atomic mass is 10.1. The molecule has 1 aromatic carbocycles. The van der Waals surface area contributed by atoms with Gasteiger partial charge in [0, 0.05) is 4.47 Å². The Balaban J connectivity index is 1.70. The number of halogens is 1. The molecule has 1 heterocycles. The van der Waals surface area contributed by atoms with Gasteiger partial charge in [-0.15, -0.1) is 0 Å². The highest BCUT2D eigenvalue weighted by Gasteiger charge is 2.18. The fraction of sp³-hybridized carbons (Fsp3) is 0.571. The van der Waals surface area contributed by atoms with Crippen molar-refractivity contribution in [1.29, 1.82) is 0 Å². The lowest BCUT2D eigenvalue weighted by Gasteiger charge is -2.25. The zero-order valence-corrected chi connectivity index (χ0v) is 12.2. The van der Waals surface area contributed by atoms with Crippen molar-refractivity contribution in [1.82, 2.24) is 0 Å². The number of rotatable bonds is 5. The highest BCUT2D eigenvalue weighted by Crippen LogP contribution is 2.16. The lowest BCUT2D eigenvalue weighted by Crippen LogP contribution is -3.14. The van der Waals surface area contributed by atoms with E-state index in [1.807, 2.05) is 24.3 Å². The first kappa shape index (κ1) is 13.8. The van der Waals surface area contributed by atoms with Crippen LogP contribution in [0.1, 0.15) is 19.3 Å². The highest BCUT2D eigenvalue weighted by molar-refractivity contribution is 9.10. The summed E-state index contributed by atoms with van der Waals surface area (Å²) in [7, 11) is 0. The van der Waals surface area contributed by atoms with Crippen molar-refractivity contribution >= 4 is 15.9 Å². The lowest BCUT2D eigenvalue weighted by molar-refractivity contribution is -0.908. The van der Waals surface area contributed by atoms with Crippen molar-refractivity contribution in [2.24, 2.45) is 0 Å². The Morgan fingerprint density at radius 3 is 2.50 bits per heavy atom. The maximum absolute atomic E-state index is 9.96. The highest BCUT2D eigenvalue weighted by atomic mass is 79.9. The Morgan fingerprint density at radius 1 is 1.17 bits per heavy atom. The van der Waals surface area contributed by atoms with E-state index in [0.717, 1.165) is 16.8 Å². The molecule has 100 valence electrons. The summed E-state index contributed by atoms with van der Waals surface area (Å²) in [6.45, 7) is 3.56. The number of hydrogen-bond acceptors (Lipinski definition) is 2. The van der Waals surface area contributed by atoms with Crippen molar-refractivity contribution < 1.29 is 14.7 Å². The van der Waals surface area contributed by atoms with Crippen molar-refractivity contribution in [2.45, 2.75) is 25.4 Å². The molecule has 0 radical (unpaired) electrons. The van der Waals surface area contributed by atoms with E-state index in [-0.39, 0.29) is 6.10 Å². The standard InChI is InChI=1S/C14H20BrNO2/c15-12-4-6-14(7-5-12)18-11-13(17)10-16-8-2-1-3-9-16/h4-7,13,17H,1-3,8-11H2/p+1/t13-/m1/s1. The van der Waals surface area contributed by atoms with Gasteiger partial charge >= 0.3 is 0 Å². The van der Waals surface area contributed by atoms with E-state index in [0.29, 0.717) is 6.61 Å². The van der Waals surface area contributed by atoms with Crippen LogP contribution in [0, 0.1) is 0 Å². The average Bonchev–Trinajstić information content (AvgIpc) is 2.39. The molecule has 0 aliphatic carbocycles. The summed E-state index contributed by atoms with van der Waals surface area (Å²) < 4.78 is 6.62. The molecule has 0 aromatic heterocycles. The van der Waals surface area contributed by atoms with Gasteiger partial charge in [-0.05, 0) is 43.5 Å². The third-order valence-corrected chi connectivity index (χ3v) is 3.87. The van der Waals surface area contributed by atoms with Crippen LogP contribution in [-0.2, 0) is 0 Å². The van der Waals surface area contributed by atoms with E-state index in [9.17, 15) is 5.11 Å². The number of piperidine rings is 1. The Kier molecular flexibility index (Phi) is 5.47. The van der Waals surface area contributed by atoms with Gasteiger partial charge in [-0.2, -0.15) is 0 Å². The van der Waals surface area contributed by atoms with Gasteiger partial charge in [0.1, 0.15) is 25.0 Å². The van der Waals surface area contributed by atoms with E-state index in [4.69, 9.17) is 4.74 Å². The number of likely N-dealkylation sites (tertiary alicyclic amines) is 1. The van der Waals surface area contributed by atoms with E-state index in [1.165, 1.54) is 37.3 Å². The summed E-state index contributed by atoms with van der Waals surface area (Å²) in [6.07, 6.45) is 3.54. The Labute approximate surface area is 117 Å². The second kappa shape index (κ2) is 7.12.